The molecule has 1 aliphatic heterocycles. The highest BCUT2D eigenvalue weighted by Gasteiger charge is 2.18. The molecular weight excluding hydrogens is 334 g/mol. The van der Waals surface area contributed by atoms with Crippen molar-refractivity contribution in [1.82, 2.24) is 4.90 Å². The van der Waals surface area contributed by atoms with Crippen LogP contribution in [0.2, 0.25) is 0 Å². The minimum Gasteiger partial charge on any atom is -0.338 e. The number of hydrogen-bond acceptors (Lipinski definition) is 4. The van der Waals surface area contributed by atoms with Crippen LogP contribution in [0, 0.1) is 10.1 Å². The molecule has 2 aromatic carbocycles. The maximum Gasteiger partial charge on any atom is 0.269 e. The standard InChI is InChI=1S/C19H19N3O4/c1-13(23)21-9-8-15-4-5-17(11-16(15)12-21)20-19(24)10-14-2-6-18(7-3-14)22(25)26/h2-7,11H,8-10,12H2,1H3,(H,20,24). The van der Waals surface area contributed by atoms with Crippen LogP contribution in [0.25, 0.3) is 0 Å². The second-order valence-corrected chi connectivity index (χ2v) is 6.32. The molecule has 0 spiro atoms. The van der Waals surface area contributed by atoms with Crippen LogP contribution in [-0.2, 0) is 29.0 Å². The molecule has 2 aromatic rings. The van der Waals surface area contributed by atoms with Gasteiger partial charge in [0.05, 0.1) is 11.3 Å². The summed E-state index contributed by atoms with van der Waals surface area (Å²) in [5.74, 6) is -0.152. The summed E-state index contributed by atoms with van der Waals surface area (Å²) < 4.78 is 0. The third kappa shape index (κ3) is 4.05. The van der Waals surface area contributed by atoms with Crippen LogP contribution in [-0.4, -0.2) is 28.2 Å². The molecule has 1 N–H and O–H groups in total. The monoisotopic (exact) mass is 353 g/mol. The predicted octanol–water partition coefficient (Wildman–Crippen LogP) is 2.68. The number of nitro groups is 1. The average Bonchev–Trinajstić information content (AvgIpc) is 2.61. The van der Waals surface area contributed by atoms with Crippen molar-refractivity contribution in [3.8, 4) is 0 Å². The molecule has 0 fully saturated rings. The molecule has 0 aromatic heterocycles. The fourth-order valence-corrected chi connectivity index (χ4v) is 3.03. The van der Waals surface area contributed by atoms with Crippen molar-refractivity contribution in [3.05, 3.63) is 69.3 Å². The topological polar surface area (TPSA) is 92.6 Å². The van der Waals surface area contributed by atoms with Crippen molar-refractivity contribution in [2.75, 3.05) is 11.9 Å². The first-order valence-electron chi connectivity index (χ1n) is 8.33. The minimum absolute atomic E-state index is 0.00105. The highest BCUT2D eigenvalue weighted by Crippen LogP contribution is 2.23. The Hall–Kier alpha value is -3.22. The molecule has 0 saturated carbocycles. The number of hydrogen-bond donors (Lipinski definition) is 1. The third-order valence-corrected chi connectivity index (χ3v) is 4.46. The van der Waals surface area contributed by atoms with E-state index < -0.39 is 4.92 Å². The molecule has 0 aliphatic carbocycles. The number of anilines is 1. The lowest BCUT2D eigenvalue weighted by molar-refractivity contribution is -0.384. The van der Waals surface area contributed by atoms with Crippen LogP contribution in [0.1, 0.15) is 23.6 Å². The van der Waals surface area contributed by atoms with E-state index in [1.54, 1.807) is 24.0 Å². The van der Waals surface area contributed by atoms with E-state index in [9.17, 15) is 19.7 Å². The molecule has 7 heteroatoms. The van der Waals surface area contributed by atoms with E-state index in [1.807, 2.05) is 18.2 Å². The zero-order valence-electron chi connectivity index (χ0n) is 14.4. The van der Waals surface area contributed by atoms with E-state index >= 15 is 0 Å². The number of fused-ring (bicyclic) bond motifs is 1. The van der Waals surface area contributed by atoms with E-state index in [0.29, 0.717) is 24.3 Å². The molecule has 1 aliphatic rings. The molecule has 0 saturated heterocycles. The van der Waals surface area contributed by atoms with Crippen LogP contribution >= 0.6 is 0 Å². The average molecular weight is 353 g/mol. The summed E-state index contributed by atoms with van der Waals surface area (Å²) in [6.45, 7) is 2.83. The number of carbonyl (C=O) groups is 2. The number of nitro benzene ring substituents is 1. The third-order valence-electron chi connectivity index (χ3n) is 4.46. The number of non-ortho nitro benzene ring substituents is 1. The van der Waals surface area contributed by atoms with E-state index in [0.717, 1.165) is 12.0 Å². The largest absolute Gasteiger partial charge is 0.338 e. The Balaban J connectivity index is 1.65. The maximum absolute atomic E-state index is 12.2. The predicted molar refractivity (Wildman–Crippen MR) is 96.7 cm³/mol. The summed E-state index contributed by atoms with van der Waals surface area (Å²) in [6.07, 6.45) is 0.945. The van der Waals surface area contributed by atoms with Crippen LogP contribution in [0.3, 0.4) is 0 Å². The molecule has 134 valence electrons. The van der Waals surface area contributed by atoms with Crippen molar-refractivity contribution < 1.29 is 14.5 Å². The summed E-state index contributed by atoms with van der Waals surface area (Å²) >= 11 is 0. The van der Waals surface area contributed by atoms with Crippen LogP contribution in [0.5, 0.6) is 0 Å². The highest BCUT2D eigenvalue weighted by molar-refractivity contribution is 5.92. The Morgan fingerprint density at radius 3 is 2.54 bits per heavy atom. The SMILES string of the molecule is CC(=O)N1CCc2ccc(NC(=O)Cc3ccc([N+](=O)[O-])cc3)cc2C1. The molecule has 2 amide bonds. The fourth-order valence-electron chi connectivity index (χ4n) is 3.03. The molecular formula is C19H19N3O4. The Morgan fingerprint density at radius 1 is 1.15 bits per heavy atom. The van der Waals surface area contributed by atoms with Crippen molar-refractivity contribution in [3.63, 3.8) is 0 Å². The Labute approximate surface area is 150 Å². The Bertz CT molecular complexity index is 862. The summed E-state index contributed by atoms with van der Waals surface area (Å²) in [4.78, 5) is 35.8. The number of nitrogens with zero attached hydrogens (tertiary/aromatic N) is 2. The summed E-state index contributed by atoms with van der Waals surface area (Å²) in [5, 5.41) is 13.5. The second-order valence-electron chi connectivity index (χ2n) is 6.32. The first-order valence-corrected chi connectivity index (χ1v) is 8.33. The van der Waals surface area contributed by atoms with Gasteiger partial charge in [-0.25, -0.2) is 0 Å². The lowest BCUT2D eigenvalue weighted by Crippen LogP contribution is -2.34. The highest BCUT2D eigenvalue weighted by atomic mass is 16.6. The van der Waals surface area contributed by atoms with Crippen molar-refractivity contribution >= 4 is 23.2 Å². The summed E-state index contributed by atoms with van der Waals surface area (Å²) in [5.41, 5.74) is 3.62. The van der Waals surface area contributed by atoms with Gasteiger partial charge in [0.15, 0.2) is 0 Å². The fraction of sp³-hybridized carbons (Fsp3) is 0.263. The van der Waals surface area contributed by atoms with E-state index in [-0.39, 0.29) is 23.9 Å². The molecule has 0 radical (unpaired) electrons. The van der Waals surface area contributed by atoms with Gasteiger partial charge in [-0.15, -0.1) is 0 Å². The van der Waals surface area contributed by atoms with E-state index in [4.69, 9.17) is 0 Å². The lowest BCUT2D eigenvalue weighted by Gasteiger charge is -2.28. The van der Waals surface area contributed by atoms with Gasteiger partial charge in [0.1, 0.15) is 0 Å². The number of amides is 2. The first-order chi connectivity index (χ1) is 12.4. The lowest BCUT2D eigenvalue weighted by atomic mass is 9.99. The quantitative estimate of drug-likeness (QED) is 0.675. The molecule has 3 rings (SSSR count). The normalized spacial score (nSPS) is 13.0. The molecule has 7 nitrogen and oxygen atoms in total. The van der Waals surface area contributed by atoms with Gasteiger partial charge in [-0.3, -0.25) is 19.7 Å². The Kier molecular flexibility index (Phi) is 4.97. The molecule has 0 atom stereocenters. The van der Waals surface area contributed by atoms with Gasteiger partial charge in [0, 0.05) is 37.8 Å². The van der Waals surface area contributed by atoms with Crippen molar-refractivity contribution in [2.45, 2.75) is 26.3 Å². The second kappa shape index (κ2) is 7.35. The maximum atomic E-state index is 12.2. The van der Waals surface area contributed by atoms with Gasteiger partial charge in [0.25, 0.3) is 5.69 Å². The van der Waals surface area contributed by atoms with Crippen molar-refractivity contribution in [2.24, 2.45) is 0 Å². The van der Waals surface area contributed by atoms with Gasteiger partial charge >= 0.3 is 0 Å². The zero-order chi connectivity index (χ0) is 18.7. The smallest absolute Gasteiger partial charge is 0.269 e. The Morgan fingerprint density at radius 2 is 1.88 bits per heavy atom. The van der Waals surface area contributed by atoms with Gasteiger partial charge in [0.2, 0.25) is 11.8 Å². The number of nitrogens with one attached hydrogen (secondary N) is 1. The summed E-state index contributed by atoms with van der Waals surface area (Å²) in [6, 6.07) is 11.7. The molecule has 26 heavy (non-hydrogen) atoms. The zero-order valence-corrected chi connectivity index (χ0v) is 14.4. The number of benzene rings is 2. The van der Waals surface area contributed by atoms with E-state index in [1.165, 1.54) is 17.7 Å². The molecule has 0 bridgehead atoms. The van der Waals surface area contributed by atoms with Gasteiger partial charge < -0.3 is 10.2 Å². The van der Waals surface area contributed by atoms with E-state index in [2.05, 4.69) is 5.32 Å². The number of carbonyl (C=O) groups excluding carboxylic acids is 2. The molecule has 1 heterocycles. The summed E-state index contributed by atoms with van der Waals surface area (Å²) in [7, 11) is 0. The van der Waals surface area contributed by atoms with Crippen molar-refractivity contribution in [1.29, 1.82) is 0 Å². The van der Waals surface area contributed by atoms with Gasteiger partial charge in [-0.05, 0) is 35.2 Å². The number of rotatable bonds is 4. The first kappa shape index (κ1) is 17.6. The van der Waals surface area contributed by atoms with Crippen LogP contribution in [0.15, 0.2) is 42.5 Å². The minimum atomic E-state index is -0.471. The molecule has 0 unspecified atom stereocenters. The van der Waals surface area contributed by atoms with Gasteiger partial charge in [-0.1, -0.05) is 18.2 Å². The van der Waals surface area contributed by atoms with Gasteiger partial charge in [-0.2, -0.15) is 0 Å². The van der Waals surface area contributed by atoms with Crippen LogP contribution in [0.4, 0.5) is 11.4 Å². The van der Waals surface area contributed by atoms with Crippen LogP contribution < -0.4 is 5.32 Å².